The number of thiazole rings is 1. The van der Waals surface area contributed by atoms with Gasteiger partial charge in [-0.2, -0.15) is 0 Å². The van der Waals surface area contributed by atoms with Crippen molar-refractivity contribution < 1.29 is 14.3 Å². The van der Waals surface area contributed by atoms with Gasteiger partial charge in [0.2, 0.25) is 5.78 Å². The Morgan fingerprint density at radius 1 is 1.26 bits per heavy atom. The number of ether oxygens (including phenoxy) is 1. The molecule has 0 aliphatic rings. The standard InChI is InChI=1S/C20H20N2O3S2/c1-13-11-17(14(2)22(13)20-21-9-10-26-20)18(23)12-25-19(24)15(3)27-16-7-5-4-6-8-16/h4-11,15H,12H2,1-3H3/t15-/m1/s1. The SMILES string of the molecule is Cc1cc(C(=O)COC(=O)[C@@H](C)Sc2ccccc2)c(C)n1-c1nccs1. The van der Waals surface area contributed by atoms with Crippen molar-refractivity contribution >= 4 is 34.9 Å². The molecule has 5 nitrogen and oxygen atoms in total. The van der Waals surface area contributed by atoms with Crippen LogP contribution in [0.1, 0.15) is 28.7 Å². The van der Waals surface area contributed by atoms with Crippen molar-refractivity contribution in [2.24, 2.45) is 0 Å². The van der Waals surface area contributed by atoms with E-state index in [-0.39, 0.29) is 17.6 Å². The highest BCUT2D eigenvalue weighted by molar-refractivity contribution is 8.00. The summed E-state index contributed by atoms with van der Waals surface area (Å²) in [4.78, 5) is 30.1. The van der Waals surface area contributed by atoms with Crippen molar-refractivity contribution in [2.45, 2.75) is 30.9 Å². The Morgan fingerprint density at radius 2 is 2.00 bits per heavy atom. The largest absolute Gasteiger partial charge is 0.456 e. The van der Waals surface area contributed by atoms with Gasteiger partial charge in [-0.15, -0.1) is 23.1 Å². The Balaban J connectivity index is 1.63. The zero-order valence-corrected chi connectivity index (χ0v) is 17.0. The van der Waals surface area contributed by atoms with Crippen LogP contribution in [0.5, 0.6) is 0 Å². The molecule has 0 fully saturated rings. The number of thioether (sulfide) groups is 1. The van der Waals surface area contributed by atoms with Gasteiger partial charge in [0, 0.05) is 33.4 Å². The van der Waals surface area contributed by atoms with E-state index in [2.05, 4.69) is 4.98 Å². The average molecular weight is 401 g/mol. The molecule has 0 bridgehead atoms. The van der Waals surface area contributed by atoms with Crippen molar-refractivity contribution in [3.63, 3.8) is 0 Å². The molecular formula is C20H20N2O3S2. The molecule has 27 heavy (non-hydrogen) atoms. The van der Waals surface area contributed by atoms with Crippen LogP contribution in [0, 0.1) is 13.8 Å². The lowest BCUT2D eigenvalue weighted by Crippen LogP contribution is -2.21. The summed E-state index contributed by atoms with van der Waals surface area (Å²) in [7, 11) is 0. The molecule has 7 heteroatoms. The van der Waals surface area contributed by atoms with Crippen molar-refractivity contribution in [1.29, 1.82) is 0 Å². The lowest BCUT2D eigenvalue weighted by atomic mass is 10.1. The third-order valence-electron chi connectivity index (χ3n) is 4.08. The van der Waals surface area contributed by atoms with E-state index >= 15 is 0 Å². The predicted molar refractivity (Wildman–Crippen MR) is 108 cm³/mol. The summed E-state index contributed by atoms with van der Waals surface area (Å²) in [6.07, 6.45) is 1.73. The Bertz CT molecular complexity index is 934. The topological polar surface area (TPSA) is 61.2 Å². The number of hydrogen-bond acceptors (Lipinski definition) is 6. The molecule has 0 spiro atoms. The molecular weight excluding hydrogens is 380 g/mol. The Hall–Kier alpha value is -2.38. The van der Waals surface area contributed by atoms with E-state index in [4.69, 9.17) is 4.74 Å². The maximum Gasteiger partial charge on any atom is 0.319 e. The van der Waals surface area contributed by atoms with Crippen LogP contribution in [0.3, 0.4) is 0 Å². The molecule has 0 unspecified atom stereocenters. The molecule has 0 radical (unpaired) electrons. The molecule has 0 aliphatic carbocycles. The van der Waals surface area contributed by atoms with Crippen LogP contribution in [0.2, 0.25) is 0 Å². The number of ketones is 1. The van der Waals surface area contributed by atoms with E-state index < -0.39 is 5.97 Å². The fraction of sp³-hybridized carbons (Fsp3) is 0.250. The first-order chi connectivity index (χ1) is 13.0. The van der Waals surface area contributed by atoms with Crippen LogP contribution in [0.4, 0.5) is 0 Å². The van der Waals surface area contributed by atoms with E-state index in [9.17, 15) is 9.59 Å². The minimum absolute atomic E-state index is 0.212. The Morgan fingerprint density at radius 3 is 2.67 bits per heavy atom. The second kappa shape index (κ2) is 8.54. The quantitative estimate of drug-likeness (QED) is 0.333. The molecule has 0 N–H and O–H groups in total. The molecule has 3 rings (SSSR count). The van der Waals surface area contributed by atoms with E-state index in [0.29, 0.717) is 5.56 Å². The van der Waals surface area contributed by atoms with Gasteiger partial charge in [-0.3, -0.25) is 14.2 Å². The Kier molecular flexibility index (Phi) is 6.13. The number of carbonyl (C=O) groups is 2. The fourth-order valence-electron chi connectivity index (χ4n) is 2.75. The van der Waals surface area contributed by atoms with Crippen LogP contribution in [0.15, 0.2) is 52.9 Å². The highest BCUT2D eigenvalue weighted by Gasteiger charge is 2.21. The smallest absolute Gasteiger partial charge is 0.319 e. The molecule has 0 saturated carbocycles. The highest BCUT2D eigenvalue weighted by Crippen LogP contribution is 2.24. The number of rotatable bonds is 7. The molecule has 0 saturated heterocycles. The van der Waals surface area contributed by atoms with Gasteiger partial charge in [0.15, 0.2) is 11.7 Å². The van der Waals surface area contributed by atoms with Gasteiger partial charge in [-0.05, 0) is 39.0 Å². The van der Waals surface area contributed by atoms with Gasteiger partial charge in [-0.1, -0.05) is 18.2 Å². The first-order valence-corrected chi connectivity index (χ1v) is 10.2. The number of esters is 1. The van der Waals surface area contributed by atoms with E-state index in [1.165, 1.54) is 23.1 Å². The summed E-state index contributed by atoms with van der Waals surface area (Å²) in [6, 6.07) is 11.5. The van der Waals surface area contributed by atoms with Crippen LogP contribution in [0.25, 0.3) is 5.13 Å². The monoisotopic (exact) mass is 400 g/mol. The molecule has 1 atom stereocenters. The van der Waals surface area contributed by atoms with Gasteiger partial charge in [-0.25, -0.2) is 4.98 Å². The molecule has 140 valence electrons. The third-order valence-corrected chi connectivity index (χ3v) is 5.92. The van der Waals surface area contributed by atoms with Crippen molar-refractivity contribution in [3.05, 3.63) is 64.9 Å². The van der Waals surface area contributed by atoms with Crippen molar-refractivity contribution in [2.75, 3.05) is 6.61 Å². The number of aromatic nitrogens is 2. The minimum atomic E-state index is -0.397. The van der Waals surface area contributed by atoms with E-state index in [1.807, 2.05) is 60.2 Å². The van der Waals surface area contributed by atoms with Crippen LogP contribution < -0.4 is 0 Å². The summed E-state index contributed by atoms with van der Waals surface area (Å²) >= 11 is 2.92. The van der Waals surface area contributed by atoms with E-state index in [0.717, 1.165) is 21.4 Å². The predicted octanol–water partition coefficient (Wildman–Crippen LogP) is 4.46. The van der Waals surface area contributed by atoms with Gasteiger partial charge >= 0.3 is 5.97 Å². The summed E-state index contributed by atoms with van der Waals surface area (Å²) < 4.78 is 7.19. The normalized spacial score (nSPS) is 12.0. The number of nitrogens with zero attached hydrogens (tertiary/aromatic N) is 2. The number of Topliss-reactive ketones (excluding diaryl/α,β-unsaturated/α-hetero) is 1. The first-order valence-electron chi connectivity index (χ1n) is 8.47. The number of aryl methyl sites for hydroxylation is 1. The van der Waals surface area contributed by atoms with Gasteiger partial charge < -0.3 is 4.74 Å². The lowest BCUT2D eigenvalue weighted by Gasteiger charge is -2.11. The zero-order valence-electron chi connectivity index (χ0n) is 15.3. The molecule has 2 aromatic heterocycles. The lowest BCUT2D eigenvalue weighted by molar-refractivity contribution is -0.141. The second-order valence-electron chi connectivity index (χ2n) is 6.04. The van der Waals surface area contributed by atoms with Gasteiger partial charge in [0.1, 0.15) is 5.25 Å². The average Bonchev–Trinajstić information content (AvgIpc) is 3.28. The highest BCUT2D eigenvalue weighted by atomic mass is 32.2. The Labute approximate surface area is 166 Å². The number of hydrogen-bond donors (Lipinski definition) is 0. The maximum atomic E-state index is 12.6. The molecule has 1 aromatic carbocycles. The van der Waals surface area contributed by atoms with Crippen LogP contribution in [-0.4, -0.2) is 33.2 Å². The van der Waals surface area contributed by atoms with Crippen LogP contribution >= 0.6 is 23.1 Å². The first kappa shape index (κ1) is 19.4. The molecule has 0 aliphatic heterocycles. The van der Waals surface area contributed by atoms with Gasteiger partial charge in [0.25, 0.3) is 0 Å². The summed E-state index contributed by atoms with van der Waals surface area (Å²) in [5, 5.41) is 2.32. The second-order valence-corrected chi connectivity index (χ2v) is 8.33. The number of benzene rings is 1. The van der Waals surface area contributed by atoms with E-state index in [1.54, 1.807) is 13.1 Å². The van der Waals surface area contributed by atoms with Crippen molar-refractivity contribution in [1.82, 2.24) is 9.55 Å². The molecule has 2 heterocycles. The summed E-state index contributed by atoms with van der Waals surface area (Å²) in [5.41, 5.74) is 2.28. The third kappa shape index (κ3) is 4.48. The molecule has 0 amide bonds. The zero-order chi connectivity index (χ0) is 19.4. The summed E-state index contributed by atoms with van der Waals surface area (Å²) in [5.74, 6) is -0.609. The number of carbonyl (C=O) groups excluding carboxylic acids is 2. The molecule has 3 aromatic rings. The maximum absolute atomic E-state index is 12.6. The van der Waals surface area contributed by atoms with Gasteiger partial charge in [0.05, 0.1) is 0 Å². The summed E-state index contributed by atoms with van der Waals surface area (Å²) in [6.45, 7) is 5.31. The minimum Gasteiger partial charge on any atom is -0.456 e. The van der Waals surface area contributed by atoms with Crippen molar-refractivity contribution in [3.8, 4) is 5.13 Å². The van der Waals surface area contributed by atoms with Crippen LogP contribution in [-0.2, 0) is 9.53 Å². The fourth-order valence-corrected chi connectivity index (χ4v) is 4.39.